The zero-order chi connectivity index (χ0) is 22.6. The van der Waals surface area contributed by atoms with E-state index >= 15 is 0 Å². The second kappa shape index (κ2) is 9.16. The summed E-state index contributed by atoms with van der Waals surface area (Å²) in [5.41, 5.74) is 1.13. The Bertz CT molecular complexity index is 974. The Labute approximate surface area is 182 Å². The van der Waals surface area contributed by atoms with Crippen LogP contribution in [0.25, 0.3) is 0 Å². The molecule has 0 radical (unpaired) electrons. The van der Waals surface area contributed by atoms with Crippen molar-refractivity contribution < 1.29 is 23.8 Å². The first kappa shape index (κ1) is 22.3. The molecule has 3 amide bonds. The van der Waals surface area contributed by atoms with E-state index in [4.69, 9.17) is 14.2 Å². The van der Waals surface area contributed by atoms with E-state index in [9.17, 15) is 9.59 Å². The fraction of sp³-hybridized carbons (Fsp3) is 0.391. The summed E-state index contributed by atoms with van der Waals surface area (Å²) in [6.45, 7) is 6.64. The van der Waals surface area contributed by atoms with Crippen molar-refractivity contribution in [3.05, 3.63) is 36.4 Å². The van der Waals surface area contributed by atoms with Gasteiger partial charge in [0.1, 0.15) is 23.9 Å². The van der Waals surface area contributed by atoms with Crippen molar-refractivity contribution >= 4 is 29.0 Å². The molecule has 8 nitrogen and oxygen atoms in total. The molecule has 1 aliphatic heterocycles. The third-order valence-corrected chi connectivity index (χ3v) is 5.03. The fourth-order valence-electron chi connectivity index (χ4n) is 3.36. The smallest absolute Gasteiger partial charge is 0.323 e. The summed E-state index contributed by atoms with van der Waals surface area (Å²) >= 11 is 0. The average molecular weight is 428 g/mol. The van der Waals surface area contributed by atoms with Crippen LogP contribution >= 0.6 is 0 Å². The van der Waals surface area contributed by atoms with E-state index < -0.39 is 11.4 Å². The topological polar surface area (TPSA) is 89.1 Å². The first-order valence-corrected chi connectivity index (χ1v) is 10.2. The Morgan fingerprint density at radius 2 is 1.90 bits per heavy atom. The normalized spacial score (nSPS) is 14.7. The lowest BCUT2D eigenvalue weighted by molar-refractivity contribution is -0.127. The predicted octanol–water partition coefficient (Wildman–Crippen LogP) is 4.51. The maximum atomic E-state index is 12.9. The number of ether oxygens (including phenoxy) is 3. The van der Waals surface area contributed by atoms with Crippen LogP contribution in [0.4, 0.5) is 21.9 Å². The number of urea groups is 1. The van der Waals surface area contributed by atoms with Crippen LogP contribution in [0.15, 0.2) is 36.4 Å². The SMILES string of the molecule is CCCN1C(=O)C(C)(C)COc2cc(NC(=O)Nc3ccc(OC)cc3OC)ccc21. The molecule has 0 aliphatic carbocycles. The van der Waals surface area contributed by atoms with Gasteiger partial charge in [-0.05, 0) is 44.5 Å². The highest BCUT2D eigenvalue weighted by molar-refractivity contribution is 6.02. The molecule has 8 heteroatoms. The van der Waals surface area contributed by atoms with Crippen molar-refractivity contribution in [1.29, 1.82) is 0 Å². The first-order valence-electron chi connectivity index (χ1n) is 10.2. The van der Waals surface area contributed by atoms with Crippen molar-refractivity contribution in [2.75, 3.05) is 42.9 Å². The number of amides is 3. The number of carbonyl (C=O) groups excluding carboxylic acids is 2. The molecule has 0 spiro atoms. The number of fused-ring (bicyclic) bond motifs is 1. The van der Waals surface area contributed by atoms with Gasteiger partial charge in [0.2, 0.25) is 5.91 Å². The number of hydrogen-bond acceptors (Lipinski definition) is 5. The summed E-state index contributed by atoms with van der Waals surface area (Å²) in [4.78, 5) is 27.2. The van der Waals surface area contributed by atoms with Gasteiger partial charge in [-0.3, -0.25) is 4.79 Å². The molecular formula is C23H29N3O5. The number of nitrogens with one attached hydrogen (secondary N) is 2. The Morgan fingerprint density at radius 1 is 1.13 bits per heavy atom. The number of hydrogen-bond donors (Lipinski definition) is 2. The number of nitrogens with zero attached hydrogens (tertiary/aromatic N) is 1. The molecule has 3 rings (SSSR count). The molecule has 166 valence electrons. The fourth-order valence-corrected chi connectivity index (χ4v) is 3.36. The van der Waals surface area contributed by atoms with E-state index in [0.717, 1.165) is 6.42 Å². The van der Waals surface area contributed by atoms with Gasteiger partial charge in [0.15, 0.2) is 0 Å². The minimum atomic E-state index is -0.635. The van der Waals surface area contributed by atoms with Gasteiger partial charge in [-0.2, -0.15) is 0 Å². The highest BCUT2D eigenvalue weighted by Crippen LogP contribution is 2.38. The molecule has 2 N–H and O–H groups in total. The molecule has 1 heterocycles. The molecule has 2 aromatic rings. The Morgan fingerprint density at radius 3 is 2.58 bits per heavy atom. The number of rotatable bonds is 6. The summed E-state index contributed by atoms with van der Waals surface area (Å²) in [6.07, 6.45) is 0.827. The summed E-state index contributed by atoms with van der Waals surface area (Å²) in [5, 5.41) is 5.57. The minimum absolute atomic E-state index is 0.0261. The zero-order valence-electron chi connectivity index (χ0n) is 18.6. The van der Waals surface area contributed by atoms with Crippen LogP contribution in [-0.2, 0) is 4.79 Å². The van der Waals surface area contributed by atoms with Crippen molar-refractivity contribution in [3.8, 4) is 17.2 Å². The van der Waals surface area contributed by atoms with Gasteiger partial charge in [-0.15, -0.1) is 0 Å². The monoisotopic (exact) mass is 427 g/mol. The van der Waals surface area contributed by atoms with Gasteiger partial charge >= 0.3 is 6.03 Å². The summed E-state index contributed by atoms with van der Waals surface area (Å²) in [6, 6.07) is 9.97. The Hall–Kier alpha value is -3.42. The number of carbonyl (C=O) groups is 2. The highest BCUT2D eigenvalue weighted by atomic mass is 16.5. The van der Waals surface area contributed by atoms with Crippen molar-refractivity contribution in [2.24, 2.45) is 5.41 Å². The molecule has 0 fully saturated rings. The van der Waals surface area contributed by atoms with Crippen LogP contribution in [0.2, 0.25) is 0 Å². The van der Waals surface area contributed by atoms with Gasteiger partial charge in [0.25, 0.3) is 0 Å². The quantitative estimate of drug-likeness (QED) is 0.708. The minimum Gasteiger partial charge on any atom is -0.497 e. The number of methoxy groups -OCH3 is 2. The van der Waals surface area contributed by atoms with E-state index in [2.05, 4.69) is 10.6 Å². The number of anilines is 3. The zero-order valence-corrected chi connectivity index (χ0v) is 18.6. The van der Waals surface area contributed by atoms with Crippen molar-refractivity contribution in [2.45, 2.75) is 27.2 Å². The second-order valence-electron chi connectivity index (χ2n) is 7.96. The van der Waals surface area contributed by atoms with E-state index in [1.807, 2.05) is 20.8 Å². The molecule has 0 bridgehead atoms. The second-order valence-corrected chi connectivity index (χ2v) is 7.96. The first-order chi connectivity index (χ1) is 14.8. The molecular weight excluding hydrogens is 398 g/mol. The van der Waals surface area contributed by atoms with Gasteiger partial charge in [0, 0.05) is 24.4 Å². The molecule has 0 aromatic heterocycles. The van der Waals surface area contributed by atoms with Crippen molar-refractivity contribution in [1.82, 2.24) is 0 Å². The standard InChI is InChI=1S/C23H29N3O5/c1-6-11-26-18-10-7-15(12-20(18)31-14-23(2,3)21(26)27)24-22(28)25-17-9-8-16(29-4)13-19(17)30-5/h7-10,12-13H,6,11,14H2,1-5H3,(H2,24,25,28). The predicted molar refractivity (Wildman–Crippen MR) is 121 cm³/mol. The Kier molecular flexibility index (Phi) is 6.58. The third-order valence-electron chi connectivity index (χ3n) is 5.03. The molecule has 1 aliphatic rings. The molecule has 2 aromatic carbocycles. The summed E-state index contributed by atoms with van der Waals surface area (Å²) < 4.78 is 16.4. The van der Waals surface area contributed by atoms with Crippen LogP contribution in [0, 0.1) is 5.41 Å². The van der Waals surface area contributed by atoms with Crippen LogP contribution < -0.4 is 29.7 Å². The lowest BCUT2D eigenvalue weighted by Crippen LogP contribution is -2.42. The summed E-state index contributed by atoms with van der Waals surface area (Å²) in [5.74, 6) is 1.70. The summed E-state index contributed by atoms with van der Waals surface area (Å²) in [7, 11) is 3.08. The third kappa shape index (κ3) is 4.84. The largest absolute Gasteiger partial charge is 0.497 e. The van der Waals surface area contributed by atoms with Gasteiger partial charge in [-0.25, -0.2) is 4.79 Å². The van der Waals surface area contributed by atoms with Crippen LogP contribution in [0.1, 0.15) is 27.2 Å². The Balaban J connectivity index is 1.79. The van der Waals surface area contributed by atoms with Crippen LogP contribution in [-0.4, -0.2) is 39.3 Å². The highest BCUT2D eigenvalue weighted by Gasteiger charge is 2.37. The van der Waals surface area contributed by atoms with Gasteiger partial charge in [-0.1, -0.05) is 6.92 Å². The molecule has 31 heavy (non-hydrogen) atoms. The molecule has 0 saturated heterocycles. The van der Waals surface area contributed by atoms with Crippen molar-refractivity contribution in [3.63, 3.8) is 0 Å². The van der Waals surface area contributed by atoms with Gasteiger partial charge < -0.3 is 29.7 Å². The lowest BCUT2D eigenvalue weighted by atomic mass is 9.93. The molecule has 0 unspecified atom stereocenters. The lowest BCUT2D eigenvalue weighted by Gasteiger charge is -2.27. The van der Waals surface area contributed by atoms with E-state index in [0.29, 0.717) is 40.9 Å². The van der Waals surface area contributed by atoms with Gasteiger partial charge in [0.05, 0.1) is 31.0 Å². The van der Waals surface area contributed by atoms with Crippen LogP contribution in [0.5, 0.6) is 17.2 Å². The van der Waals surface area contributed by atoms with E-state index in [-0.39, 0.29) is 12.5 Å². The van der Waals surface area contributed by atoms with E-state index in [1.54, 1.807) is 48.4 Å². The number of benzene rings is 2. The van der Waals surface area contributed by atoms with Crippen LogP contribution in [0.3, 0.4) is 0 Å². The average Bonchev–Trinajstić information content (AvgIpc) is 2.84. The van der Waals surface area contributed by atoms with E-state index in [1.165, 1.54) is 7.11 Å². The molecule has 0 atom stereocenters. The maximum absolute atomic E-state index is 12.9. The molecule has 0 saturated carbocycles. The maximum Gasteiger partial charge on any atom is 0.323 e.